The Kier molecular flexibility index (Phi) is 4.00. The molecule has 1 fully saturated rings. The smallest absolute Gasteiger partial charge is 0.121 e. The lowest BCUT2D eigenvalue weighted by Gasteiger charge is -2.41. The van der Waals surface area contributed by atoms with Crippen LogP contribution in [0.4, 0.5) is 0 Å². The Labute approximate surface area is 108 Å². The summed E-state index contributed by atoms with van der Waals surface area (Å²) >= 11 is 2.02. The minimum Gasteiger partial charge on any atom is -0.496 e. The molecule has 1 aliphatic rings. The predicted octanol–water partition coefficient (Wildman–Crippen LogP) is 3.24. The largest absolute Gasteiger partial charge is 0.496 e. The third kappa shape index (κ3) is 2.78. The van der Waals surface area contributed by atoms with Gasteiger partial charge in [-0.15, -0.1) is 11.8 Å². The van der Waals surface area contributed by atoms with Crippen molar-refractivity contribution in [3.8, 4) is 5.75 Å². The van der Waals surface area contributed by atoms with Crippen LogP contribution in [0.3, 0.4) is 0 Å². The molecule has 2 rings (SSSR count). The molecule has 0 bridgehead atoms. The SMILES string of the molecule is CNCC1(Sc2ccc(OC)c(C)c2)CCC1. The molecular formula is C14H21NOS. The number of thioether (sulfide) groups is 1. The summed E-state index contributed by atoms with van der Waals surface area (Å²) in [6.07, 6.45) is 4.01. The van der Waals surface area contributed by atoms with E-state index in [0.29, 0.717) is 4.75 Å². The fourth-order valence-electron chi connectivity index (χ4n) is 2.37. The van der Waals surface area contributed by atoms with Crippen molar-refractivity contribution >= 4 is 11.8 Å². The quantitative estimate of drug-likeness (QED) is 0.868. The van der Waals surface area contributed by atoms with Crippen molar-refractivity contribution in [2.45, 2.75) is 35.8 Å². The van der Waals surface area contributed by atoms with Crippen LogP contribution in [0.5, 0.6) is 5.75 Å². The zero-order chi connectivity index (χ0) is 12.3. The van der Waals surface area contributed by atoms with Crippen LogP contribution in [0.1, 0.15) is 24.8 Å². The first-order valence-corrected chi connectivity index (χ1v) is 6.99. The first kappa shape index (κ1) is 12.8. The van der Waals surface area contributed by atoms with Gasteiger partial charge in [0.25, 0.3) is 0 Å². The number of hydrogen-bond donors (Lipinski definition) is 1. The molecule has 1 saturated carbocycles. The van der Waals surface area contributed by atoms with E-state index in [4.69, 9.17) is 4.74 Å². The molecule has 0 radical (unpaired) electrons. The molecule has 0 amide bonds. The Morgan fingerprint density at radius 1 is 1.41 bits per heavy atom. The van der Waals surface area contributed by atoms with Gasteiger partial charge in [0.1, 0.15) is 5.75 Å². The van der Waals surface area contributed by atoms with Crippen LogP contribution in [0.2, 0.25) is 0 Å². The molecule has 0 aromatic heterocycles. The van der Waals surface area contributed by atoms with Crippen molar-refractivity contribution in [2.75, 3.05) is 20.7 Å². The van der Waals surface area contributed by atoms with Crippen molar-refractivity contribution in [1.82, 2.24) is 5.32 Å². The number of aryl methyl sites for hydroxylation is 1. The van der Waals surface area contributed by atoms with Gasteiger partial charge in [0.15, 0.2) is 0 Å². The fourth-order valence-corrected chi connectivity index (χ4v) is 3.95. The highest BCUT2D eigenvalue weighted by Gasteiger charge is 2.37. The van der Waals surface area contributed by atoms with Crippen LogP contribution in [0.25, 0.3) is 0 Å². The predicted molar refractivity (Wildman–Crippen MR) is 74.1 cm³/mol. The maximum atomic E-state index is 5.30. The zero-order valence-corrected chi connectivity index (χ0v) is 11.7. The second kappa shape index (κ2) is 5.32. The zero-order valence-electron chi connectivity index (χ0n) is 10.9. The fraction of sp³-hybridized carbons (Fsp3) is 0.571. The van der Waals surface area contributed by atoms with E-state index in [1.54, 1.807) is 7.11 Å². The molecule has 94 valence electrons. The monoisotopic (exact) mass is 251 g/mol. The molecule has 17 heavy (non-hydrogen) atoms. The van der Waals surface area contributed by atoms with Crippen molar-refractivity contribution in [1.29, 1.82) is 0 Å². The summed E-state index contributed by atoms with van der Waals surface area (Å²) in [4.78, 5) is 1.36. The molecule has 1 N–H and O–H groups in total. The Balaban J connectivity index is 2.10. The lowest BCUT2D eigenvalue weighted by atomic mass is 9.84. The van der Waals surface area contributed by atoms with Crippen molar-refractivity contribution < 1.29 is 4.74 Å². The maximum Gasteiger partial charge on any atom is 0.121 e. The minimum atomic E-state index is 0.426. The summed E-state index contributed by atoms with van der Waals surface area (Å²) in [5.74, 6) is 0.977. The number of ether oxygens (including phenoxy) is 1. The second-order valence-corrected chi connectivity index (χ2v) is 6.34. The lowest BCUT2D eigenvalue weighted by Crippen LogP contribution is -2.42. The topological polar surface area (TPSA) is 21.3 Å². The lowest BCUT2D eigenvalue weighted by molar-refractivity contribution is 0.353. The van der Waals surface area contributed by atoms with E-state index < -0.39 is 0 Å². The minimum absolute atomic E-state index is 0.426. The Hall–Kier alpha value is -0.670. The Morgan fingerprint density at radius 2 is 2.18 bits per heavy atom. The molecule has 0 heterocycles. The van der Waals surface area contributed by atoms with Crippen LogP contribution in [0.15, 0.2) is 23.1 Å². The number of nitrogens with one attached hydrogen (secondary N) is 1. The highest BCUT2D eigenvalue weighted by atomic mass is 32.2. The molecule has 0 saturated heterocycles. The van der Waals surface area contributed by atoms with Crippen molar-refractivity contribution in [3.63, 3.8) is 0 Å². The van der Waals surface area contributed by atoms with E-state index in [1.807, 2.05) is 18.8 Å². The van der Waals surface area contributed by atoms with Gasteiger partial charge in [-0.1, -0.05) is 6.42 Å². The van der Waals surface area contributed by atoms with Crippen molar-refractivity contribution in [3.05, 3.63) is 23.8 Å². The molecule has 1 aromatic carbocycles. The molecule has 3 heteroatoms. The number of hydrogen-bond acceptors (Lipinski definition) is 3. The van der Waals surface area contributed by atoms with E-state index in [0.717, 1.165) is 12.3 Å². The average molecular weight is 251 g/mol. The van der Waals surface area contributed by atoms with Gasteiger partial charge in [-0.05, 0) is 50.6 Å². The first-order valence-electron chi connectivity index (χ1n) is 6.17. The van der Waals surface area contributed by atoms with Gasteiger partial charge >= 0.3 is 0 Å². The average Bonchev–Trinajstić information content (AvgIpc) is 2.26. The molecule has 2 nitrogen and oxygen atoms in total. The molecule has 1 aromatic rings. The highest BCUT2D eigenvalue weighted by molar-refractivity contribution is 8.00. The van der Waals surface area contributed by atoms with Crippen LogP contribution in [-0.2, 0) is 0 Å². The number of rotatable bonds is 5. The third-order valence-corrected chi connectivity index (χ3v) is 4.94. The first-order chi connectivity index (χ1) is 8.19. The van der Waals surface area contributed by atoms with Crippen LogP contribution in [0, 0.1) is 6.92 Å². The summed E-state index contributed by atoms with van der Waals surface area (Å²) < 4.78 is 5.72. The standard InChI is InChI=1S/C14H21NOS/c1-11-9-12(5-6-13(11)16-3)17-14(10-15-2)7-4-8-14/h5-6,9,15H,4,7-8,10H2,1-3H3. The molecule has 0 spiro atoms. The molecular weight excluding hydrogens is 230 g/mol. The van der Waals surface area contributed by atoms with E-state index in [1.165, 1.54) is 29.7 Å². The van der Waals surface area contributed by atoms with Crippen LogP contribution < -0.4 is 10.1 Å². The normalized spacial score (nSPS) is 17.6. The van der Waals surface area contributed by atoms with Gasteiger partial charge in [0.05, 0.1) is 7.11 Å². The van der Waals surface area contributed by atoms with Gasteiger partial charge in [-0.25, -0.2) is 0 Å². The van der Waals surface area contributed by atoms with Crippen LogP contribution in [-0.4, -0.2) is 25.4 Å². The Bertz CT molecular complexity index is 388. The van der Waals surface area contributed by atoms with Gasteiger partial charge in [-0.2, -0.15) is 0 Å². The highest BCUT2D eigenvalue weighted by Crippen LogP contribution is 2.47. The van der Waals surface area contributed by atoms with Crippen LogP contribution >= 0.6 is 11.8 Å². The summed E-state index contributed by atoms with van der Waals surface area (Å²) in [5.41, 5.74) is 1.22. The molecule has 0 atom stereocenters. The third-order valence-electron chi connectivity index (χ3n) is 3.46. The summed E-state index contributed by atoms with van der Waals surface area (Å²) in [7, 11) is 3.77. The number of methoxy groups -OCH3 is 1. The second-order valence-electron chi connectivity index (χ2n) is 4.80. The maximum absolute atomic E-state index is 5.30. The van der Waals surface area contributed by atoms with Crippen molar-refractivity contribution in [2.24, 2.45) is 0 Å². The summed E-state index contributed by atoms with van der Waals surface area (Å²) in [6.45, 7) is 3.21. The van der Waals surface area contributed by atoms with E-state index in [9.17, 15) is 0 Å². The Morgan fingerprint density at radius 3 is 2.65 bits per heavy atom. The van der Waals surface area contributed by atoms with Gasteiger partial charge in [-0.3, -0.25) is 0 Å². The van der Waals surface area contributed by atoms with E-state index in [-0.39, 0.29) is 0 Å². The van der Waals surface area contributed by atoms with Gasteiger partial charge < -0.3 is 10.1 Å². The van der Waals surface area contributed by atoms with E-state index >= 15 is 0 Å². The summed E-state index contributed by atoms with van der Waals surface area (Å²) in [5, 5.41) is 3.32. The van der Waals surface area contributed by atoms with E-state index in [2.05, 4.69) is 30.4 Å². The summed E-state index contributed by atoms with van der Waals surface area (Å²) in [6, 6.07) is 6.48. The van der Waals surface area contributed by atoms with Gasteiger partial charge in [0.2, 0.25) is 0 Å². The molecule has 0 aliphatic heterocycles. The molecule has 0 unspecified atom stereocenters. The molecule has 1 aliphatic carbocycles. The van der Waals surface area contributed by atoms with Gasteiger partial charge in [0, 0.05) is 16.2 Å². The number of benzene rings is 1.